The van der Waals surface area contributed by atoms with Crippen LogP contribution < -0.4 is 0 Å². The molecule has 4 heteroatoms. The fourth-order valence-corrected chi connectivity index (χ4v) is 2.58. The van der Waals surface area contributed by atoms with Crippen molar-refractivity contribution < 1.29 is 4.42 Å². The molecule has 0 amide bonds. The number of imidazole rings is 1. The van der Waals surface area contributed by atoms with E-state index in [1.54, 1.807) is 12.1 Å². The molecule has 0 aliphatic carbocycles. The van der Waals surface area contributed by atoms with Crippen molar-refractivity contribution in [1.29, 1.82) is 5.26 Å². The summed E-state index contributed by atoms with van der Waals surface area (Å²) in [6.07, 6.45) is 0. The minimum atomic E-state index is 0.608. The van der Waals surface area contributed by atoms with Crippen LogP contribution in [0.4, 0.5) is 0 Å². The fourth-order valence-electron chi connectivity index (χ4n) is 2.58. The van der Waals surface area contributed by atoms with Gasteiger partial charge in [-0.3, -0.25) is 0 Å². The number of benzene rings is 2. The second-order valence-electron chi connectivity index (χ2n) is 4.96. The summed E-state index contributed by atoms with van der Waals surface area (Å²) in [6.45, 7) is 0. The molecule has 2 heterocycles. The SMILES string of the molecule is Cn1c(-c2cc3ccccc3o2)nc2cc(C#N)ccc21. The van der Waals surface area contributed by atoms with Gasteiger partial charge in [0.05, 0.1) is 22.7 Å². The number of furan rings is 1. The normalized spacial score (nSPS) is 11.0. The van der Waals surface area contributed by atoms with Crippen molar-refractivity contribution in [3.8, 4) is 17.7 Å². The van der Waals surface area contributed by atoms with Crippen LogP contribution in [0.25, 0.3) is 33.6 Å². The van der Waals surface area contributed by atoms with Gasteiger partial charge in [0.1, 0.15) is 5.58 Å². The number of hydrogen-bond acceptors (Lipinski definition) is 3. The quantitative estimate of drug-likeness (QED) is 0.529. The zero-order chi connectivity index (χ0) is 14.4. The number of nitrogens with zero attached hydrogens (tertiary/aromatic N) is 3. The van der Waals surface area contributed by atoms with Crippen molar-refractivity contribution in [2.24, 2.45) is 7.05 Å². The van der Waals surface area contributed by atoms with E-state index in [1.165, 1.54) is 0 Å². The van der Waals surface area contributed by atoms with E-state index in [-0.39, 0.29) is 0 Å². The first-order chi connectivity index (χ1) is 10.3. The van der Waals surface area contributed by atoms with E-state index in [4.69, 9.17) is 9.68 Å². The van der Waals surface area contributed by atoms with E-state index in [1.807, 2.05) is 48.0 Å². The number of para-hydroxylation sites is 1. The largest absolute Gasteiger partial charge is 0.453 e. The van der Waals surface area contributed by atoms with Crippen LogP contribution in [0, 0.1) is 11.3 Å². The van der Waals surface area contributed by atoms with E-state index >= 15 is 0 Å². The smallest absolute Gasteiger partial charge is 0.177 e. The minimum absolute atomic E-state index is 0.608. The number of aromatic nitrogens is 2. The summed E-state index contributed by atoms with van der Waals surface area (Å²) in [4.78, 5) is 4.60. The average molecular weight is 273 g/mol. The molecule has 0 N–H and O–H groups in total. The van der Waals surface area contributed by atoms with Crippen LogP contribution in [0.2, 0.25) is 0 Å². The molecular weight excluding hydrogens is 262 g/mol. The Morgan fingerprint density at radius 3 is 2.81 bits per heavy atom. The molecule has 0 saturated heterocycles. The van der Waals surface area contributed by atoms with Gasteiger partial charge in [-0.1, -0.05) is 18.2 Å². The van der Waals surface area contributed by atoms with Gasteiger partial charge in [-0.15, -0.1) is 0 Å². The number of rotatable bonds is 1. The van der Waals surface area contributed by atoms with Gasteiger partial charge in [-0.05, 0) is 30.3 Å². The Morgan fingerprint density at radius 2 is 2.00 bits per heavy atom. The Balaban J connectivity index is 1.97. The maximum absolute atomic E-state index is 8.98. The van der Waals surface area contributed by atoms with Crippen LogP contribution >= 0.6 is 0 Å². The maximum atomic E-state index is 8.98. The van der Waals surface area contributed by atoms with Crippen molar-refractivity contribution >= 4 is 22.0 Å². The molecule has 0 saturated carbocycles. The summed E-state index contributed by atoms with van der Waals surface area (Å²) in [5, 5.41) is 10.0. The number of hydrogen-bond donors (Lipinski definition) is 0. The second kappa shape index (κ2) is 4.22. The molecule has 0 atom stereocenters. The molecule has 2 aromatic heterocycles. The predicted octanol–water partition coefficient (Wildman–Crippen LogP) is 3.86. The van der Waals surface area contributed by atoms with Crippen molar-refractivity contribution in [3.05, 3.63) is 54.1 Å². The van der Waals surface area contributed by atoms with Gasteiger partial charge in [0.25, 0.3) is 0 Å². The van der Waals surface area contributed by atoms with Crippen molar-refractivity contribution in [3.63, 3.8) is 0 Å². The van der Waals surface area contributed by atoms with Gasteiger partial charge in [0.2, 0.25) is 0 Å². The third-order valence-electron chi connectivity index (χ3n) is 3.66. The Bertz CT molecular complexity index is 985. The van der Waals surface area contributed by atoms with Crippen molar-refractivity contribution in [1.82, 2.24) is 9.55 Å². The molecule has 0 radical (unpaired) electrons. The lowest BCUT2D eigenvalue weighted by atomic mass is 10.2. The first kappa shape index (κ1) is 11.7. The van der Waals surface area contributed by atoms with Crippen LogP contribution in [0.3, 0.4) is 0 Å². The van der Waals surface area contributed by atoms with Crippen LogP contribution in [-0.4, -0.2) is 9.55 Å². The number of fused-ring (bicyclic) bond motifs is 2. The first-order valence-electron chi connectivity index (χ1n) is 6.62. The molecule has 0 aliphatic heterocycles. The van der Waals surface area contributed by atoms with Crippen LogP contribution in [0.5, 0.6) is 0 Å². The fraction of sp³-hybridized carbons (Fsp3) is 0.0588. The van der Waals surface area contributed by atoms with E-state index < -0.39 is 0 Å². The highest BCUT2D eigenvalue weighted by Gasteiger charge is 2.14. The highest BCUT2D eigenvalue weighted by Crippen LogP contribution is 2.29. The standard InChI is InChI=1S/C17H11N3O/c1-20-14-7-6-11(10-18)8-13(14)19-17(20)16-9-12-4-2-3-5-15(12)21-16/h2-9H,1H3. The highest BCUT2D eigenvalue weighted by atomic mass is 16.3. The van der Waals surface area contributed by atoms with Gasteiger partial charge >= 0.3 is 0 Å². The molecule has 4 rings (SSSR count). The Kier molecular flexibility index (Phi) is 2.36. The van der Waals surface area contributed by atoms with Gasteiger partial charge in [0.15, 0.2) is 11.6 Å². The van der Waals surface area contributed by atoms with Gasteiger partial charge in [-0.2, -0.15) is 5.26 Å². The Labute approximate surface area is 120 Å². The van der Waals surface area contributed by atoms with E-state index in [2.05, 4.69) is 11.1 Å². The van der Waals surface area contributed by atoms with Crippen molar-refractivity contribution in [2.45, 2.75) is 0 Å². The lowest BCUT2D eigenvalue weighted by Crippen LogP contribution is -1.90. The molecule has 0 unspecified atom stereocenters. The molecule has 4 nitrogen and oxygen atoms in total. The summed E-state index contributed by atoms with van der Waals surface area (Å²) in [7, 11) is 1.95. The lowest BCUT2D eigenvalue weighted by Gasteiger charge is -1.98. The summed E-state index contributed by atoms with van der Waals surface area (Å²) in [6, 6.07) is 17.5. The molecule has 0 bridgehead atoms. The summed E-state index contributed by atoms with van der Waals surface area (Å²) in [5.41, 5.74) is 3.23. The zero-order valence-corrected chi connectivity index (χ0v) is 11.4. The van der Waals surface area contributed by atoms with E-state index in [9.17, 15) is 0 Å². The monoisotopic (exact) mass is 273 g/mol. The third kappa shape index (κ3) is 1.72. The molecular formula is C17H11N3O. The Hall–Kier alpha value is -3.06. The topological polar surface area (TPSA) is 54.8 Å². The lowest BCUT2D eigenvalue weighted by molar-refractivity contribution is 0.621. The van der Waals surface area contributed by atoms with E-state index in [0.717, 1.165) is 33.6 Å². The minimum Gasteiger partial charge on any atom is -0.453 e. The van der Waals surface area contributed by atoms with Gasteiger partial charge in [-0.25, -0.2) is 4.98 Å². The number of nitriles is 1. The van der Waals surface area contributed by atoms with Crippen LogP contribution in [0.15, 0.2) is 52.9 Å². The van der Waals surface area contributed by atoms with Gasteiger partial charge in [0, 0.05) is 12.4 Å². The van der Waals surface area contributed by atoms with Crippen LogP contribution in [-0.2, 0) is 7.05 Å². The maximum Gasteiger partial charge on any atom is 0.177 e. The molecule has 21 heavy (non-hydrogen) atoms. The first-order valence-corrected chi connectivity index (χ1v) is 6.62. The summed E-state index contributed by atoms with van der Waals surface area (Å²) in [5.74, 6) is 1.49. The average Bonchev–Trinajstić information content (AvgIpc) is 3.08. The van der Waals surface area contributed by atoms with Crippen LogP contribution in [0.1, 0.15) is 5.56 Å². The molecule has 0 aliphatic rings. The molecule has 0 fully saturated rings. The third-order valence-corrected chi connectivity index (χ3v) is 3.66. The molecule has 4 aromatic rings. The molecule has 0 spiro atoms. The predicted molar refractivity (Wildman–Crippen MR) is 80.6 cm³/mol. The van der Waals surface area contributed by atoms with Crippen molar-refractivity contribution in [2.75, 3.05) is 0 Å². The number of aryl methyl sites for hydroxylation is 1. The molecule has 100 valence electrons. The second-order valence-corrected chi connectivity index (χ2v) is 4.96. The highest BCUT2D eigenvalue weighted by molar-refractivity contribution is 5.85. The molecule has 2 aromatic carbocycles. The van der Waals surface area contributed by atoms with E-state index in [0.29, 0.717) is 5.56 Å². The Morgan fingerprint density at radius 1 is 1.14 bits per heavy atom. The zero-order valence-electron chi connectivity index (χ0n) is 11.4. The van der Waals surface area contributed by atoms with Gasteiger partial charge < -0.3 is 8.98 Å². The summed E-state index contributed by atoms with van der Waals surface area (Å²) >= 11 is 0. The summed E-state index contributed by atoms with van der Waals surface area (Å²) < 4.78 is 7.85.